The second-order valence-electron chi connectivity index (χ2n) is 5.92. The highest BCUT2D eigenvalue weighted by molar-refractivity contribution is 7.97. The third-order valence-electron chi connectivity index (χ3n) is 3.30. The summed E-state index contributed by atoms with van der Waals surface area (Å²) >= 11 is 1.79. The van der Waals surface area contributed by atoms with Gasteiger partial charge in [-0.25, -0.2) is 0 Å². The molecule has 0 aromatic rings. The van der Waals surface area contributed by atoms with E-state index in [1.54, 1.807) is 18.9 Å². The molecule has 0 aliphatic carbocycles. The van der Waals surface area contributed by atoms with Crippen molar-refractivity contribution in [2.24, 2.45) is 17.8 Å². The highest BCUT2D eigenvalue weighted by Crippen LogP contribution is 2.22. The molecule has 0 fully saturated rings. The summed E-state index contributed by atoms with van der Waals surface area (Å²) in [6.45, 7) is 12.7. The minimum Gasteiger partial charge on any atom is -0.300 e. The van der Waals surface area contributed by atoms with E-state index in [0.29, 0.717) is 23.7 Å². The molecule has 0 aliphatic rings. The lowest BCUT2D eigenvalue weighted by molar-refractivity contribution is -0.122. The first-order valence-electron chi connectivity index (χ1n) is 7.26. The molecule has 0 aromatic heterocycles. The summed E-state index contributed by atoms with van der Waals surface area (Å²) in [6.07, 6.45) is 3.31. The van der Waals surface area contributed by atoms with Crippen molar-refractivity contribution in [1.29, 1.82) is 0 Å². The number of carbonyl (C=O) groups excluding carboxylic acids is 1. The molecule has 2 nitrogen and oxygen atoms in total. The Kier molecular flexibility index (Phi) is 9.84. The minimum atomic E-state index is 0.230. The van der Waals surface area contributed by atoms with Crippen molar-refractivity contribution in [3.8, 4) is 0 Å². The van der Waals surface area contributed by atoms with Crippen molar-refractivity contribution in [2.75, 3.05) is 5.75 Å². The lowest BCUT2D eigenvalue weighted by Crippen LogP contribution is -2.28. The van der Waals surface area contributed by atoms with Crippen molar-refractivity contribution in [3.05, 3.63) is 0 Å². The first-order valence-corrected chi connectivity index (χ1v) is 8.24. The zero-order chi connectivity index (χ0) is 14.1. The van der Waals surface area contributed by atoms with Gasteiger partial charge in [0.15, 0.2) is 0 Å². The summed E-state index contributed by atoms with van der Waals surface area (Å²) in [4.78, 5) is 11.6. The Morgan fingerprint density at radius 1 is 1.17 bits per heavy atom. The van der Waals surface area contributed by atoms with Gasteiger partial charge in [-0.1, -0.05) is 46.6 Å². The Morgan fingerprint density at radius 2 is 1.78 bits per heavy atom. The van der Waals surface area contributed by atoms with Crippen LogP contribution >= 0.6 is 11.9 Å². The summed E-state index contributed by atoms with van der Waals surface area (Å²) in [7, 11) is 0. The van der Waals surface area contributed by atoms with Crippen LogP contribution in [0.1, 0.15) is 60.8 Å². The normalized spacial score (nSPS) is 15.1. The summed E-state index contributed by atoms with van der Waals surface area (Å²) < 4.78 is 3.54. The van der Waals surface area contributed by atoms with Gasteiger partial charge in [0.1, 0.15) is 5.78 Å². The highest BCUT2D eigenvalue weighted by Gasteiger charge is 2.20. The summed E-state index contributed by atoms with van der Waals surface area (Å²) in [6, 6.07) is 0.538. The van der Waals surface area contributed by atoms with E-state index in [1.165, 1.54) is 6.42 Å². The molecule has 18 heavy (non-hydrogen) atoms. The van der Waals surface area contributed by atoms with Gasteiger partial charge >= 0.3 is 0 Å². The number of Topliss-reactive ketones (excluding diaryl/α,β-unsaturated/α-hetero) is 1. The monoisotopic (exact) mass is 273 g/mol. The third kappa shape index (κ3) is 8.15. The highest BCUT2D eigenvalue weighted by atomic mass is 32.2. The van der Waals surface area contributed by atoms with Gasteiger partial charge < -0.3 is 0 Å². The van der Waals surface area contributed by atoms with Crippen LogP contribution in [0.5, 0.6) is 0 Å². The molecule has 3 heteroatoms. The molecule has 0 amide bonds. The molecule has 1 unspecified atom stereocenters. The molecule has 0 rings (SSSR count). The van der Waals surface area contributed by atoms with Crippen LogP contribution in [0, 0.1) is 17.8 Å². The second-order valence-corrected chi connectivity index (χ2v) is 7.02. The van der Waals surface area contributed by atoms with Gasteiger partial charge in [0, 0.05) is 17.7 Å². The van der Waals surface area contributed by atoms with Crippen LogP contribution in [-0.2, 0) is 4.79 Å². The van der Waals surface area contributed by atoms with Gasteiger partial charge in [0.2, 0.25) is 0 Å². The van der Waals surface area contributed by atoms with Crippen LogP contribution in [0.3, 0.4) is 0 Å². The Hall–Kier alpha value is -0.0200. The van der Waals surface area contributed by atoms with Gasteiger partial charge in [-0.2, -0.15) is 0 Å². The number of rotatable bonds is 10. The molecule has 0 radical (unpaired) electrons. The Morgan fingerprint density at radius 3 is 2.17 bits per heavy atom. The molecule has 0 heterocycles. The SMILES string of the molecule is CCSN[C@H](CCC(C(C)=O)C(C)C)CC(C)C. The van der Waals surface area contributed by atoms with E-state index in [1.807, 2.05) is 0 Å². The quantitative estimate of drug-likeness (QED) is 0.602. The van der Waals surface area contributed by atoms with Crippen molar-refractivity contribution in [2.45, 2.75) is 66.8 Å². The fourth-order valence-corrected chi connectivity index (χ4v) is 3.00. The van der Waals surface area contributed by atoms with Crippen molar-refractivity contribution in [1.82, 2.24) is 4.72 Å². The van der Waals surface area contributed by atoms with Crippen LogP contribution in [0.2, 0.25) is 0 Å². The largest absolute Gasteiger partial charge is 0.300 e. The number of nitrogens with one attached hydrogen (secondary N) is 1. The summed E-state index contributed by atoms with van der Waals surface area (Å²) in [5, 5.41) is 0. The smallest absolute Gasteiger partial charge is 0.133 e. The average molecular weight is 273 g/mol. The van der Waals surface area contributed by atoms with Crippen molar-refractivity contribution >= 4 is 17.7 Å². The fourth-order valence-electron chi connectivity index (χ4n) is 2.38. The lowest BCUT2D eigenvalue weighted by atomic mass is 9.86. The molecular formula is C15H31NOS. The van der Waals surface area contributed by atoms with E-state index in [9.17, 15) is 4.79 Å². The van der Waals surface area contributed by atoms with E-state index >= 15 is 0 Å². The van der Waals surface area contributed by atoms with Crippen LogP contribution < -0.4 is 4.72 Å². The minimum absolute atomic E-state index is 0.230. The van der Waals surface area contributed by atoms with Crippen molar-refractivity contribution in [3.63, 3.8) is 0 Å². The predicted octanol–water partition coefficient (Wildman–Crippen LogP) is 4.30. The standard InChI is InChI=1S/C15H31NOS/c1-7-18-16-14(10-11(2)3)8-9-15(12(4)5)13(6)17/h11-12,14-16H,7-10H2,1-6H3/t14-,15?/m1/s1. The predicted molar refractivity (Wildman–Crippen MR) is 82.8 cm³/mol. The van der Waals surface area contributed by atoms with E-state index in [4.69, 9.17) is 0 Å². The molecule has 1 N–H and O–H groups in total. The number of hydrogen-bond acceptors (Lipinski definition) is 3. The Balaban J connectivity index is 4.25. The molecular weight excluding hydrogens is 242 g/mol. The van der Waals surface area contributed by atoms with Crippen molar-refractivity contribution < 1.29 is 4.79 Å². The molecule has 108 valence electrons. The maximum atomic E-state index is 11.6. The maximum absolute atomic E-state index is 11.6. The number of hydrogen-bond donors (Lipinski definition) is 1. The molecule has 0 spiro atoms. The molecule has 0 saturated heterocycles. The summed E-state index contributed by atoms with van der Waals surface area (Å²) in [5.41, 5.74) is 0. The van der Waals surface area contributed by atoms with E-state index in [-0.39, 0.29) is 5.92 Å². The first kappa shape index (κ1) is 18.0. The van der Waals surface area contributed by atoms with E-state index in [2.05, 4.69) is 39.3 Å². The Labute approximate surface area is 118 Å². The zero-order valence-electron chi connectivity index (χ0n) is 13.0. The molecule has 0 aromatic carbocycles. The molecule has 0 saturated carbocycles. The van der Waals surface area contributed by atoms with Gasteiger partial charge in [-0.05, 0) is 38.0 Å². The average Bonchev–Trinajstić information content (AvgIpc) is 2.23. The first-order chi connectivity index (χ1) is 8.38. The number of carbonyl (C=O) groups is 1. The van der Waals surface area contributed by atoms with Crippen LogP contribution in [-0.4, -0.2) is 17.6 Å². The van der Waals surface area contributed by atoms with Gasteiger partial charge in [0.05, 0.1) is 0 Å². The topological polar surface area (TPSA) is 29.1 Å². The van der Waals surface area contributed by atoms with Crippen LogP contribution in [0.25, 0.3) is 0 Å². The van der Waals surface area contributed by atoms with E-state index in [0.717, 1.165) is 18.6 Å². The third-order valence-corrected chi connectivity index (χ3v) is 4.09. The maximum Gasteiger partial charge on any atom is 0.133 e. The second kappa shape index (κ2) is 9.85. The molecule has 0 aliphatic heterocycles. The van der Waals surface area contributed by atoms with Gasteiger partial charge in [0.25, 0.3) is 0 Å². The van der Waals surface area contributed by atoms with Crippen LogP contribution in [0.15, 0.2) is 0 Å². The Bertz CT molecular complexity index is 229. The lowest BCUT2D eigenvalue weighted by Gasteiger charge is -2.23. The zero-order valence-corrected chi connectivity index (χ0v) is 13.8. The number of ketones is 1. The fraction of sp³-hybridized carbons (Fsp3) is 0.933. The molecule has 0 bridgehead atoms. The summed E-state index contributed by atoms with van der Waals surface area (Å²) in [5.74, 6) is 2.83. The molecule has 2 atom stereocenters. The van der Waals surface area contributed by atoms with Gasteiger partial charge in [-0.3, -0.25) is 9.52 Å². The van der Waals surface area contributed by atoms with E-state index < -0.39 is 0 Å². The van der Waals surface area contributed by atoms with Crippen LogP contribution in [0.4, 0.5) is 0 Å². The van der Waals surface area contributed by atoms with Gasteiger partial charge in [-0.15, -0.1) is 0 Å².